The van der Waals surface area contributed by atoms with Gasteiger partial charge in [-0.1, -0.05) is 24.3 Å². The third-order valence-electron chi connectivity index (χ3n) is 4.05. The average molecular weight is 231 g/mol. The lowest BCUT2D eigenvalue weighted by atomic mass is 10.0. The molecule has 0 saturated carbocycles. The first-order valence-corrected chi connectivity index (χ1v) is 6.78. The second-order valence-electron chi connectivity index (χ2n) is 5.36. The van der Waals surface area contributed by atoms with Crippen molar-refractivity contribution < 1.29 is 4.74 Å². The first-order valence-electron chi connectivity index (χ1n) is 6.78. The van der Waals surface area contributed by atoms with Crippen LogP contribution < -0.4 is 5.32 Å². The molecule has 1 heterocycles. The van der Waals surface area contributed by atoms with Crippen molar-refractivity contribution in [2.75, 3.05) is 6.61 Å². The summed E-state index contributed by atoms with van der Waals surface area (Å²) in [6.45, 7) is 3.09. The van der Waals surface area contributed by atoms with Crippen molar-refractivity contribution in [1.29, 1.82) is 0 Å². The molecule has 0 spiro atoms. The van der Waals surface area contributed by atoms with Crippen LogP contribution in [0.15, 0.2) is 24.3 Å². The third kappa shape index (κ3) is 2.38. The number of hydrogen-bond donors (Lipinski definition) is 1. The molecule has 0 aromatic heterocycles. The molecule has 2 heteroatoms. The molecule has 2 nitrogen and oxygen atoms in total. The smallest absolute Gasteiger partial charge is 0.0561 e. The summed E-state index contributed by atoms with van der Waals surface area (Å²) in [6, 6.07) is 10.1. The standard InChI is InChI=1S/C15H21NO/c1-11-10-13(8-9-17-11)16-15-7-6-12-4-2-3-5-14(12)15/h2-5,11,13,15-16H,6-10H2,1H3. The van der Waals surface area contributed by atoms with E-state index in [-0.39, 0.29) is 0 Å². The van der Waals surface area contributed by atoms with E-state index >= 15 is 0 Å². The fraction of sp³-hybridized carbons (Fsp3) is 0.600. The molecule has 1 aliphatic carbocycles. The number of ether oxygens (including phenoxy) is 1. The lowest BCUT2D eigenvalue weighted by molar-refractivity contribution is 0.0112. The minimum atomic E-state index is 0.415. The molecule has 17 heavy (non-hydrogen) atoms. The highest BCUT2D eigenvalue weighted by molar-refractivity contribution is 5.34. The summed E-state index contributed by atoms with van der Waals surface area (Å²) >= 11 is 0. The SMILES string of the molecule is CC1CC(NC2CCc3ccccc32)CCO1. The van der Waals surface area contributed by atoms with E-state index in [4.69, 9.17) is 4.74 Å². The van der Waals surface area contributed by atoms with Gasteiger partial charge in [0.1, 0.15) is 0 Å². The van der Waals surface area contributed by atoms with Gasteiger partial charge in [-0.15, -0.1) is 0 Å². The highest BCUT2D eigenvalue weighted by Gasteiger charge is 2.26. The summed E-state index contributed by atoms with van der Waals surface area (Å²) in [5.74, 6) is 0. The predicted octanol–water partition coefficient (Wildman–Crippen LogP) is 2.83. The first kappa shape index (κ1) is 11.2. The molecule has 3 atom stereocenters. The molecule has 0 amide bonds. The Morgan fingerprint density at radius 1 is 1.24 bits per heavy atom. The van der Waals surface area contributed by atoms with Crippen LogP contribution in [0.3, 0.4) is 0 Å². The Labute approximate surface area is 103 Å². The molecule has 3 unspecified atom stereocenters. The molecule has 0 radical (unpaired) electrons. The lowest BCUT2D eigenvalue weighted by Crippen LogP contribution is -2.39. The van der Waals surface area contributed by atoms with Crippen molar-refractivity contribution in [1.82, 2.24) is 5.32 Å². The zero-order valence-corrected chi connectivity index (χ0v) is 10.5. The quantitative estimate of drug-likeness (QED) is 0.845. The van der Waals surface area contributed by atoms with Crippen molar-refractivity contribution >= 4 is 0 Å². The molecular formula is C15H21NO. The van der Waals surface area contributed by atoms with Crippen LogP contribution in [0.2, 0.25) is 0 Å². The van der Waals surface area contributed by atoms with Crippen LogP contribution in [0.1, 0.15) is 43.4 Å². The minimum Gasteiger partial charge on any atom is -0.378 e. The number of benzene rings is 1. The fourth-order valence-electron chi connectivity index (χ4n) is 3.16. The maximum Gasteiger partial charge on any atom is 0.0561 e. The Kier molecular flexibility index (Phi) is 3.17. The molecule has 1 aromatic rings. The van der Waals surface area contributed by atoms with Crippen LogP contribution >= 0.6 is 0 Å². The predicted molar refractivity (Wildman–Crippen MR) is 69.1 cm³/mol. The number of rotatable bonds is 2. The van der Waals surface area contributed by atoms with E-state index in [1.165, 1.54) is 24.0 Å². The van der Waals surface area contributed by atoms with Crippen molar-refractivity contribution in [3.8, 4) is 0 Å². The van der Waals surface area contributed by atoms with E-state index < -0.39 is 0 Å². The van der Waals surface area contributed by atoms with Crippen molar-refractivity contribution in [2.45, 2.75) is 50.8 Å². The van der Waals surface area contributed by atoms with Gasteiger partial charge in [0.2, 0.25) is 0 Å². The van der Waals surface area contributed by atoms with Crippen molar-refractivity contribution in [3.05, 3.63) is 35.4 Å². The molecule has 92 valence electrons. The Morgan fingerprint density at radius 3 is 3.00 bits per heavy atom. The summed E-state index contributed by atoms with van der Waals surface area (Å²) in [7, 11) is 0. The van der Waals surface area contributed by atoms with Crippen LogP contribution in [0.5, 0.6) is 0 Å². The van der Waals surface area contributed by atoms with Crippen LogP contribution in [0.25, 0.3) is 0 Å². The van der Waals surface area contributed by atoms with Gasteiger partial charge in [-0.3, -0.25) is 0 Å². The molecule has 1 N–H and O–H groups in total. The van der Waals surface area contributed by atoms with Crippen LogP contribution in [-0.4, -0.2) is 18.8 Å². The monoisotopic (exact) mass is 231 g/mol. The second kappa shape index (κ2) is 4.79. The number of fused-ring (bicyclic) bond motifs is 1. The zero-order valence-electron chi connectivity index (χ0n) is 10.5. The molecular weight excluding hydrogens is 210 g/mol. The highest BCUT2D eigenvalue weighted by atomic mass is 16.5. The third-order valence-corrected chi connectivity index (χ3v) is 4.05. The van der Waals surface area contributed by atoms with Crippen LogP contribution in [-0.2, 0) is 11.2 Å². The summed E-state index contributed by atoms with van der Waals surface area (Å²) in [5, 5.41) is 3.82. The van der Waals surface area contributed by atoms with E-state index in [0.29, 0.717) is 18.2 Å². The lowest BCUT2D eigenvalue weighted by Gasteiger charge is -2.30. The Bertz CT molecular complexity index is 390. The van der Waals surface area contributed by atoms with Crippen molar-refractivity contribution in [2.24, 2.45) is 0 Å². The van der Waals surface area contributed by atoms with Gasteiger partial charge < -0.3 is 10.1 Å². The second-order valence-corrected chi connectivity index (χ2v) is 5.36. The van der Waals surface area contributed by atoms with Gasteiger partial charge in [0, 0.05) is 18.7 Å². The first-order chi connectivity index (χ1) is 8.33. The van der Waals surface area contributed by atoms with Gasteiger partial charge in [0.05, 0.1) is 6.10 Å². The molecule has 1 aromatic carbocycles. The van der Waals surface area contributed by atoms with Crippen molar-refractivity contribution in [3.63, 3.8) is 0 Å². The van der Waals surface area contributed by atoms with E-state index in [1.807, 2.05) is 0 Å². The van der Waals surface area contributed by atoms with E-state index in [9.17, 15) is 0 Å². The average Bonchev–Trinajstić information content (AvgIpc) is 2.73. The van der Waals surface area contributed by atoms with Gasteiger partial charge in [-0.05, 0) is 43.7 Å². The Hall–Kier alpha value is -0.860. The summed E-state index contributed by atoms with van der Waals surface area (Å²) < 4.78 is 5.60. The molecule has 2 aliphatic rings. The summed E-state index contributed by atoms with van der Waals surface area (Å²) in [4.78, 5) is 0. The zero-order chi connectivity index (χ0) is 11.7. The van der Waals surface area contributed by atoms with Gasteiger partial charge >= 0.3 is 0 Å². The molecule has 0 bridgehead atoms. The number of hydrogen-bond acceptors (Lipinski definition) is 2. The van der Waals surface area contributed by atoms with Gasteiger partial charge in [0.15, 0.2) is 0 Å². The maximum absolute atomic E-state index is 5.60. The topological polar surface area (TPSA) is 21.3 Å². The van der Waals surface area contributed by atoms with Crippen LogP contribution in [0, 0.1) is 0 Å². The molecule has 1 aliphatic heterocycles. The largest absolute Gasteiger partial charge is 0.378 e. The Balaban J connectivity index is 1.67. The number of aryl methyl sites for hydroxylation is 1. The van der Waals surface area contributed by atoms with E-state index in [0.717, 1.165) is 19.4 Å². The fourth-order valence-corrected chi connectivity index (χ4v) is 3.16. The van der Waals surface area contributed by atoms with E-state index in [2.05, 4.69) is 36.5 Å². The summed E-state index contributed by atoms with van der Waals surface area (Å²) in [5.41, 5.74) is 3.05. The summed E-state index contributed by atoms with van der Waals surface area (Å²) in [6.07, 6.45) is 5.21. The van der Waals surface area contributed by atoms with Gasteiger partial charge in [-0.25, -0.2) is 0 Å². The van der Waals surface area contributed by atoms with Crippen LogP contribution in [0.4, 0.5) is 0 Å². The number of nitrogens with one attached hydrogen (secondary N) is 1. The van der Waals surface area contributed by atoms with Gasteiger partial charge in [0.25, 0.3) is 0 Å². The normalized spacial score (nSPS) is 32.4. The minimum absolute atomic E-state index is 0.415. The van der Waals surface area contributed by atoms with E-state index in [1.54, 1.807) is 0 Å². The Morgan fingerprint density at radius 2 is 2.12 bits per heavy atom. The maximum atomic E-state index is 5.60. The molecule has 3 rings (SSSR count). The van der Waals surface area contributed by atoms with Gasteiger partial charge in [-0.2, -0.15) is 0 Å². The molecule has 1 fully saturated rings. The molecule has 1 saturated heterocycles. The highest BCUT2D eigenvalue weighted by Crippen LogP contribution is 2.32.